The van der Waals surface area contributed by atoms with Crippen LogP contribution in [0, 0.1) is 23.2 Å². The Morgan fingerprint density at radius 2 is 1.97 bits per heavy atom. The molecule has 1 amide bonds. The van der Waals surface area contributed by atoms with E-state index in [0.29, 0.717) is 12.5 Å². The summed E-state index contributed by atoms with van der Waals surface area (Å²) in [6, 6.07) is 6.00. The molecule has 160 valence electrons. The molecule has 1 saturated heterocycles. The number of anilines is 1. The Labute approximate surface area is 181 Å². The molecule has 5 aliphatic rings. The minimum atomic E-state index is -0.171. The Kier molecular flexibility index (Phi) is 4.57. The molecule has 5 fully saturated rings. The standard InChI is InChI=1S/C24H30N2O3S/c1-28-19-5-2-6-20-21(19)25-23(30-20)26(14-18-4-3-7-29-18)22(27)24-11-15-8-16(12-24)10-17(9-15)13-24/h2,5-6,15-18H,3-4,7-14H2,1H3. The van der Waals surface area contributed by atoms with Gasteiger partial charge in [0.15, 0.2) is 5.13 Å². The molecule has 2 aromatic rings. The molecule has 5 nitrogen and oxygen atoms in total. The molecule has 4 saturated carbocycles. The van der Waals surface area contributed by atoms with Crippen molar-refractivity contribution in [1.29, 1.82) is 0 Å². The van der Waals surface area contributed by atoms with Crippen LogP contribution in [0.4, 0.5) is 5.13 Å². The van der Waals surface area contributed by atoms with Gasteiger partial charge in [-0.05, 0) is 81.3 Å². The molecule has 4 aliphatic carbocycles. The zero-order chi connectivity index (χ0) is 20.3. The molecule has 0 radical (unpaired) electrons. The second-order valence-electron chi connectivity index (χ2n) is 10.1. The highest BCUT2D eigenvalue weighted by atomic mass is 32.1. The van der Waals surface area contributed by atoms with Crippen molar-refractivity contribution in [1.82, 2.24) is 4.98 Å². The Bertz CT molecular complexity index is 929. The lowest BCUT2D eigenvalue weighted by Gasteiger charge is -2.56. The van der Waals surface area contributed by atoms with Crippen LogP contribution in [0.25, 0.3) is 10.2 Å². The molecule has 1 aromatic heterocycles. The first-order valence-electron chi connectivity index (χ1n) is 11.5. The van der Waals surface area contributed by atoms with Crippen molar-refractivity contribution in [3.8, 4) is 5.75 Å². The summed E-state index contributed by atoms with van der Waals surface area (Å²) in [6.07, 6.45) is 9.49. The number of rotatable bonds is 5. The quantitative estimate of drug-likeness (QED) is 0.673. The Hall–Kier alpha value is -1.66. The third kappa shape index (κ3) is 3.06. The molecule has 1 atom stereocenters. The first-order valence-corrected chi connectivity index (χ1v) is 12.3. The first-order chi connectivity index (χ1) is 14.6. The Balaban J connectivity index is 1.38. The molecule has 30 heavy (non-hydrogen) atoms. The number of hydrogen-bond donors (Lipinski definition) is 0. The molecule has 0 spiro atoms. The summed E-state index contributed by atoms with van der Waals surface area (Å²) < 4.78 is 12.6. The average Bonchev–Trinajstić information content (AvgIpc) is 3.39. The number of carbonyl (C=O) groups excluding carboxylic acids is 1. The molecule has 1 unspecified atom stereocenters. The highest BCUT2D eigenvalue weighted by Gasteiger charge is 2.56. The van der Waals surface area contributed by atoms with E-state index in [1.54, 1.807) is 18.4 Å². The van der Waals surface area contributed by atoms with Crippen LogP contribution in [0.15, 0.2) is 18.2 Å². The topological polar surface area (TPSA) is 51.7 Å². The molecule has 1 aliphatic heterocycles. The van der Waals surface area contributed by atoms with Gasteiger partial charge in [-0.3, -0.25) is 9.69 Å². The van der Waals surface area contributed by atoms with Gasteiger partial charge >= 0.3 is 0 Å². The summed E-state index contributed by atoms with van der Waals surface area (Å²) in [7, 11) is 1.68. The van der Waals surface area contributed by atoms with E-state index in [1.807, 2.05) is 17.0 Å². The number of benzene rings is 1. The van der Waals surface area contributed by atoms with Gasteiger partial charge in [-0.2, -0.15) is 0 Å². The van der Waals surface area contributed by atoms with Crippen molar-refractivity contribution >= 4 is 32.6 Å². The summed E-state index contributed by atoms with van der Waals surface area (Å²) in [5.74, 6) is 3.34. The van der Waals surface area contributed by atoms with Gasteiger partial charge in [0, 0.05) is 6.61 Å². The van der Waals surface area contributed by atoms with Crippen LogP contribution in [0.3, 0.4) is 0 Å². The van der Waals surface area contributed by atoms with Gasteiger partial charge in [0.1, 0.15) is 11.3 Å². The summed E-state index contributed by atoms with van der Waals surface area (Å²) in [6.45, 7) is 1.43. The van der Waals surface area contributed by atoms with Crippen LogP contribution in [0.1, 0.15) is 51.4 Å². The third-order valence-corrected chi connectivity index (χ3v) is 9.01. The van der Waals surface area contributed by atoms with Crippen molar-refractivity contribution in [2.24, 2.45) is 23.2 Å². The van der Waals surface area contributed by atoms with E-state index in [1.165, 1.54) is 19.3 Å². The van der Waals surface area contributed by atoms with Crippen LogP contribution in [0.5, 0.6) is 5.75 Å². The summed E-state index contributed by atoms with van der Waals surface area (Å²) in [5.41, 5.74) is 0.686. The summed E-state index contributed by atoms with van der Waals surface area (Å²) >= 11 is 1.61. The number of aromatic nitrogens is 1. The molecule has 4 bridgehead atoms. The number of amides is 1. The van der Waals surface area contributed by atoms with Gasteiger partial charge in [-0.25, -0.2) is 4.98 Å². The zero-order valence-corrected chi connectivity index (χ0v) is 18.5. The maximum atomic E-state index is 14.2. The maximum Gasteiger partial charge on any atom is 0.235 e. The second-order valence-corrected chi connectivity index (χ2v) is 11.1. The molecule has 6 heteroatoms. The molecular formula is C24H30N2O3S. The van der Waals surface area contributed by atoms with Gasteiger partial charge in [0.25, 0.3) is 0 Å². The van der Waals surface area contributed by atoms with Crippen LogP contribution >= 0.6 is 11.3 Å². The van der Waals surface area contributed by atoms with Crippen molar-refractivity contribution < 1.29 is 14.3 Å². The van der Waals surface area contributed by atoms with E-state index in [4.69, 9.17) is 14.5 Å². The van der Waals surface area contributed by atoms with E-state index < -0.39 is 0 Å². The van der Waals surface area contributed by atoms with Gasteiger partial charge in [-0.1, -0.05) is 17.4 Å². The Morgan fingerprint density at radius 3 is 2.60 bits per heavy atom. The van der Waals surface area contributed by atoms with E-state index in [0.717, 1.165) is 77.6 Å². The van der Waals surface area contributed by atoms with Crippen molar-refractivity contribution in [2.45, 2.75) is 57.5 Å². The molecule has 2 heterocycles. The Morgan fingerprint density at radius 1 is 1.23 bits per heavy atom. The van der Waals surface area contributed by atoms with E-state index in [-0.39, 0.29) is 11.5 Å². The summed E-state index contributed by atoms with van der Waals surface area (Å²) in [4.78, 5) is 21.1. The average molecular weight is 427 g/mol. The fourth-order valence-corrected chi connectivity index (χ4v) is 8.08. The molecular weight excluding hydrogens is 396 g/mol. The monoisotopic (exact) mass is 426 g/mol. The summed E-state index contributed by atoms with van der Waals surface area (Å²) in [5, 5.41) is 0.811. The second kappa shape index (κ2) is 7.20. The number of thiazole rings is 1. The van der Waals surface area contributed by atoms with Gasteiger partial charge in [0.05, 0.1) is 29.9 Å². The van der Waals surface area contributed by atoms with E-state index >= 15 is 0 Å². The lowest BCUT2D eigenvalue weighted by molar-refractivity contribution is -0.143. The molecule has 0 N–H and O–H groups in total. The fourth-order valence-electron chi connectivity index (χ4n) is 7.09. The predicted octanol–water partition coefficient (Wildman–Crippen LogP) is 5.03. The normalized spacial score (nSPS) is 34.6. The van der Waals surface area contributed by atoms with Crippen molar-refractivity contribution in [3.63, 3.8) is 0 Å². The number of methoxy groups -OCH3 is 1. The molecule has 7 rings (SSSR count). The smallest absolute Gasteiger partial charge is 0.235 e. The lowest BCUT2D eigenvalue weighted by Crippen LogP contribution is -2.55. The highest BCUT2D eigenvalue weighted by Crippen LogP contribution is 2.61. The fraction of sp³-hybridized carbons (Fsp3) is 0.667. The van der Waals surface area contributed by atoms with Crippen LogP contribution in [-0.2, 0) is 9.53 Å². The predicted molar refractivity (Wildman–Crippen MR) is 118 cm³/mol. The van der Waals surface area contributed by atoms with E-state index in [2.05, 4.69) is 6.07 Å². The van der Waals surface area contributed by atoms with Crippen molar-refractivity contribution in [2.75, 3.05) is 25.2 Å². The first kappa shape index (κ1) is 19.1. The number of hydrogen-bond acceptors (Lipinski definition) is 5. The van der Waals surface area contributed by atoms with Gasteiger partial charge in [0.2, 0.25) is 5.91 Å². The van der Waals surface area contributed by atoms with Crippen LogP contribution in [-0.4, -0.2) is 37.3 Å². The van der Waals surface area contributed by atoms with Crippen LogP contribution in [0.2, 0.25) is 0 Å². The largest absolute Gasteiger partial charge is 0.494 e. The number of carbonyl (C=O) groups is 1. The minimum absolute atomic E-state index is 0.122. The number of ether oxygens (including phenoxy) is 2. The maximum absolute atomic E-state index is 14.2. The third-order valence-electron chi connectivity index (χ3n) is 7.97. The molecule has 1 aromatic carbocycles. The van der Waals surface area contributed by atoms with Gasteiger partial charge in [-0.15, -0.1) is 0 Å². The lowest BCUT2D eigenvalue weighted by atomic mass is 9.49. The number of fused-ring (bicyclic) bond motifs is 1. The van der Waals surface area contributed by atoms with E-state index in [9.17, 15) is 4.79 Å². The number of nitrogens with zero attached hydrogens (tertiary/aromatic N) is 2. The minimum Gasteiger partial charge on any atom is -0.494 e. The SMILES string of the molecule is COc1cccc2sc(N(CC3CCCO3)C(=O)C34CC5CC(CC(C5)C3)C4)nc12. The van der Waals surface area contributed by atoms with Crippen LogP contribution < -0.4 is 9.64 Å². The van der Waals surface area contributed by atoms with Gasteiger partial charge < -0.3 is 9.47 Å². The number of para-hydroxylation sites is 1. The van der Waals surface area contributed by atoms with Crippen molar-refractivity contribution in [3.05, 3.63) is 18.2 Å². The highest BCUT2D eigenvalue weighted by molar-refractivity contribution is 7.22. The zero-order valence-electron chi connectivity index (χ0n) is 17.6.